The lowest BCUT2D eigenvalue weighted by atomic mass is 9.65. The Hall–Kier alpha value is -2.29. The molecule has 2 aromatic rings. The molecule has 6 nitrogen and oxygen atoms in total. The third-order valence-corrected chi connectivity index (χ3v) is 8.76. The Balaban J connectivity index is 0.00000112. The average molecular weight is 528 g/mol. The van der Waals surface area contributed by atoms with E-state index in [1.54, 1.807) is 7.11 Å². The fraction of sp³-hybridized carbons (Fsp3) is 0.533. The molecular weight excluding hydrogens is 485 g/mol. The molecule has 1 aliphatic carbocycles. The Kier molecular flexibility index (Phi) is 14.4. The molecule has 0 heterocycles. The number of rotatable bonds is 14. The number of carbonyl (C=O) groups excluding carboxylic acids is 1. The molecule has 1 fully saturated rings. The molecule has 37 heavy (non-hydrogen) atoms. The fourth-order valence-corrected chi connectivity index (χ4v) is 6.46. The standard InChI is InChI=1S/C27H34NO4P.C3H8O/c28-20-11-23-33(30,31-22-10-2-1-9-21-29)32-26-16-18-27(19-17-26,24-12-5-3-6-13-24)25-14-7-4-8-15-25;1-3-4-2/h3-8,12-15,21,26H,1-2,9-11,16-19,22-23H2;3H2,1-2H3. The van der Waals surface area contributed by atoms with Crippen molar-refractivity contribution in [3.8, 4) is 6.07 Å². The normalized spacial score (nSPS) is 16.6. The summed E-state index contributed by atoms with van der Waals surface area (Å²) in [5.74, 6) is 0. The number of hydrogen-bond acceptors (Lipinski definition) is 6. The number of nitriles is 1. The van der Waals surface area contributed by atoms with Gasteiger partial charge in [-0.2, -0.15) is 5.26 Å². The maximum Gasteiger partial charge on any atom is 0.331 e. The molecule has 0 N–H and O–H groups in total. The van der Waals surface area contributed by atoms with E-state index in [1.807, 2.05) is 19.1 Å². The summed E-state index contributed by atoms with van der Waals surface area (Å²) >= 11 is 0. The van der Waals surface area contributed by atoms with Crippen LogP contribution in [0.5, 0.6) is 0 Å². The van der Waals surface area contributed by atoms with E-state index in [4.69, 9.17) is 14.3 Å². The van der Waals surface area contributed by atoms with Crippen molar-refractivity contribution in [2.45, 2.75) is 76.2 Å². The number of aldehydes is 1. The van der Waals surface area contributed by atoms with E-state index in [1.165, 1.54) is 11.1 Å². The summed E-state index contributed by atoms with van der Waals surface area (Å²) in [6.07, 6.45) is 7.30. The van der Waals surface area contributed by atoms with Crippen molar-refractivity contribution in [3.63, 3.8) is 0 Å². The van der Waals surface area contributed by atoms with Crippen molar-refractivity contribution in [3.05, 3.63) is 71.8 Å². The average Bonchev–Trinajstić information content (AvgIpc) is 2.95. The van der Waals surface area contributed by atoms with Gasteiger partial charge in [-0.25, -0.2) is 0 Å². The Morgan fingerprint density at radius 3 is 2.05 bits per heavy atom. The Morgan fingerprint density at radius 1 is 1.00 bits per heavy atom. The fourth-order valence-electron chi connectivity index (χ4n) is 4.72. The lowest BCUT2D eigenvalue weighted by molar-refractivity contribution is -0.107. The number of hydrogen-bond donors (Lipinski definition) is 0. The predicted octanol–water partition coefficient (Wildman–Crippen LogP) is 7.47. The zero-order valence-electron chi connectivity index (χ0n) is 22.3. The van der Waals surface area contributed by atoms with Gasteiger partial charge in [-0.15, -0.1) is 0 Å². The Morgan fingerprint density at radius 2 is 1.57 bits per heavy atom. The Bertz CT molecular complexity index is 925. The van der Waals surface area contributed by atoms with Gasteiger partial charge in [0.05, 0.1) is 24.9 Å². The molecule has 1 atom stereocenters. The van der Waals surface area contributed by atoms with Crippen LogP contribution in [0.1, 0.15) is 75.8 Å². The van der Waals surface area contributed by atoms with Crippen molar-refractivity contribution in [1.82, 2.24) is 0 Å². The number of methoxy groups -OCH3 is 1. The largest absolute Gasteiger partial charge is 0.385 e. The summed E-state index contributed by atoms with van der Waals surface area (Å²) in [5.41, 5.74) is 2.51. The number of nitrogens with zero attached hydrogens (tertiary/aromatic N) is 1. The third kappa shape index (κ3) is 10.2. The van der Waals surface area contributed by atoms with E-state index in [0.717, 1.165) is 57.8 Å². The SMILES string of the molecule is CCOC.N#CCCP(=O)(OCCCCCC=O)OC1CCC(c2ccccc2)(c2ccccc2)CC1. The molecule has 3 rings (SSSR count). The second kappa shape index (κ2) is 17.3. The van der Waals surface area contributed by atoms with Gasteiger partial charge in [-0.1, -0.05) is 67.1 Å². The van der Waals surface area contributed by atoms with Crippen molar-refractivity contribution in [2.75, 3.05) is 26.5 Å². The van der Waals surface area contributed by atoms with Gasteiger partial charge in [-0.3, -0.25) is 4.57 Å². The minimum atomic E-state index is -3.34. The molecule has 0 saturated heterocycles. The number of unbranched alkanes of at least 4 members (excludes halogenated alkanes) is 3. The first-order chi connectivity index (χ1) is 18.0. The van der Waals surface area contributed by atoms with E-state index in [-0.39, 0.29) is 24.1 Å². The van der Waals surface area contributed by atoms with Gasteiger partial charge < -0.3 is 18.6 Å². The summed E-state index contributed by atoms with van der Waals surface area (Å²) in [7, 11) is -1.66. The molecule has 1 unspecified atom stereocenters. The number of carbonyl (C=O) groups is 1. The molecule has 0 amide bonds. The minimum Gasteiger partial charge on any atom is -0.385 e. The van der Waals surface area contributed by atoms with Gasteiger partial charge in [0, 0.05) is 32.0 Å². The van der Waals surface area contributed by atoms with Gasteiger partial charge in [-0.05, 0) is 56.6 Å². The highest BCUT2D eigenvalue weighted by molar-refractivity contribution is 7.53. The lowest BCUT2D eigenvalue weighted by Gasteiger charge is -2.41. The van der Waals surface area contributed by atoms with Gasteiger partial charge >= 0.3 is 7.60 Å². The molecule has 2 aromatic carbocycles. The first kappa shape index (κ1) is 30.9. The first-order valence-corrected chi connectivity index (χ1v) is 15.1. The quantitative estimate of drug-likeness (QED) is 0.144. The van der Waals surface area contributed by atoms with Crippen LogP contribution < -0.4 is 0 Å². The van der Waals surface area contributed by atoms with E-state index < -0.39 is 7.60 Å². The molecule has 202 valence electrons. The molecule has 0 radical (unpaired) electrons. The van der Waals surface area contributed by atoms with Crippen LogP contribution in [0.4, 0.5) is 0 Å². The van der Waals surface area contributed by atoms with Crippen LogP contribution in [0.25, 0.3) is 0 Å². The van der Waals surface area contributed by atoms with Crippen LogP contribution in [0.15, 0.2) is 60.7 Å². The highest BCUT2D eigenvalue weighted by atomic mass is 31.2. The van der Waals surface area contributed by atoms with Gasteiger partial charge in [0.1, 0.15) is 6.29 Å². The second-order valence-corrected chi connectivity index (χ2v) is 11.4. The van der Waals surface area contributed by atoms with Crippen LogP contribution in [0.3, 0.4) is 0 Å². The summed E-state index contributed by atoms with van der Waals surface area (Å²) in [6.45, 7) is 3.10. The topological polar surface area (TPSA) is 85.6 Å². The van der Waals surface area contributed by atoms with Crippen LogP contribution >= 0.6 is 7.60 Å². The zero-order chi connectivity index (χ0) is 26.8. The number of ether oxygens (including phenoxy) is 1. The van der Waals surface area contributed by atoms with Crippen LogP contribution in [-0.4, -0.2) is 38.9 Å². The van der Waals surface area contributed by atoms with Crippen molar-refractivity contribution in [1.29, 1.82) is 5.26 Å². The maximum atomic E-state index is 13.4. The van der Waals surface area contributed by atoms with Gasteiger partial charge in [0.25, 0.3) is 0 Å². The summed E-state index contributed by atoms with van der Waals surface area (Å²) in [4.78, 5) is 10.4. The molecular formula is C30H42NO5P. The highest BCUT2D eigenvalue weighted by Crippen LogP contribution is 2.54. The first-order valence-electron chi connectivity index (χ1n) is 13.4. The van der Waals surface area contributed by atoms with E-state index in [2.05, 4.69) is 59.3 Å². The molecule has 0 spiro atoms. The van der Waals surface area contributed by atoms with Crippen LogP contribution in [0.2, 0.25) is 0 Å². The van der Waals surface area contributed by atoms with E-state index in [9.17, 15) is 9.36 Å². The van der Waals surface area contributed by atoms with Crippen molar-refractivity contribution >= 4 is 13.9 Å². The predicted molar refractivity (Wildman–Crippen MR) is 148 cm³/mol. The van der Waals surface area contributed by atoms with Crippen molar-refractivity contribution < 1.29 is 23.1 Å². The molecule has 0 bridgehead atoms. The van der Waals surface area contributed by atoms with Crippen LogP contribution in [0, 0.1) is 11.3 Å². The molecule has 7 heteroatoms. The Labute approximate surface area is 222 Å². The lowest BCUT2D eigenvalue weighted by Crippen LogP contribution is -2.35. The molecule has 0 aromatic heterocycles. The smallest absolute Gasteiger partial charge is 0.331 e. The summed E-state index contributed by atoms with van der Waals surface area (Å²) in [6, 6.07) is 23.3. The molecule has 1 saturated carbocycles. The van der Waals surface area contributed by atoms with Gasteiger partial charge in [0.2, 0.25) is 0 Å². The monoisotopic (exact) mass is 527 g/mol. The second-order valence-electron chi connectivity index (χ2n) is 9.29. The van der Waals surface area contributed by atoms with E-state index >= 15 is 0 Å². The highest BCUT2D eigenvalue weighted by Gasteiger charge is 2.40. The third-order valence-electron chi connectivity index (χ3n) is 6.79. The summed E-state index contributed by atoms with van der Waals surface area (Å²) in [5, 5.41) is 9.01. The summed E-state index contributed by atoms with van der Waals surface area (Å²) < 4.78 is 29.8. The van der Waals surface area contributed by atoms with Crippen molar-refractivity contribution in [2.24, 2.45) is 0 Å². The van der Waals surface area contributed by atoms with E-state index in [0.29, 0.717) is 13.0 Å². The maximum absolute atomic E-state index is 13.4. The minimum absolute atomic E-state index is 0.0849. The number of benzene rings is 2. The van der Waals surface area contributed by atoms with Gasteiger partial charge in [0.15, 0.2) is 0 Å². The zero-order valence-corrected chi connectivity index (χ0v) is 23.2. The van der Waals surface area contributed by atoms with Crippen LogP contribution in [-0.2, 0) is 28.6 Å². The molecule has 0 aliphatic heterocycles. The molecule has 1 aliphatic rings.